The average Bonchev–Trinajstić information content (AvgIpc) is 3.64. The highest BCUT2D eigenvalue weighted by atomic mass is 32.2. The number of hydrogen-bond donors (Lipinski definition) is 2. The summed E-state index contributed by atoms with van der Waals surface area (Å²) in [6.07, 6.45) is 1.71. The molecule has 4 aliphatic rings. The Morgan fingerprint density at radius 3 is 2.80 bits per heavy atom. The van der Waals surface area contributed by atoms with Crippen LogP contribution in [0.25, 0.3) is 11.3 Å². The Kier molecular flexibility index (Phi) is 4.41. The third kappa shape index (κ3) is 3.01. The van der Waals surface area contributed by atoms with Gasteiger partial charge in [-0.05, 0) is 48.6 Å². The fourth-order valence-corrected chi connectivity index (χ4v) is 6.71. The Morgan fingerprint density at radius 2 is 1.97 bits per heavy atom. The van der Waals surface area contributed by atoms with Gasteiger partial charge in [-0.25, -0.2) is 9.07 Å². The zero-order valence-corrected chi connectivity index (χ0v) is 19.5. The number of amides is 1. The van der Waals surface area contributed by atoms with Crippen LogP contribution in [0.5, 0.6) is 5.75 Å². The predicted octanol–water partition coefficient (Wildman–Crippen LogP) is 3.44. The van der Waals surface area contributed by atoms with E-state index >= 15 is 4.39 Å². The van der Waals surface area contributed by atoms with Crippen LogP contribution in [-0.2, 0) is 16.9 Å². The number of nitrogens with one attached hydrogen (secondary N) is 1. The van der Waals surface area contributed by atoms with Crippen LogP contribution in [0.4, 0.5) is 4.39 Å². The van der Waals surface area contributed by atoms with Crippen molar-refractivity contribution in [2.45, 2.75) is 41.6 Å². The Hall–Kier alpha value is -3.30. The first kappa shape index (κ1) is 21.0. The summed E-state index contributed by atoms with van der Waals surface area (Å²) in [6, 6.07) is 12.4. The molecule has 1 saturated carbocycles. The van der Waals surface area contributed by atoms with Gasteiger partial charge < -0.3 is 20.2 Å². The zero-order valence-electron chi connectivity index (χ0n) is 18.7. The molecule has 1 saturated heterocycles. The van der Waals surface area contributed by atoms with Crippen molar-refractivity contribution < 1.29 is 19.0 Å². The van der Waals surface area contributed by atoms with Crippen molar-refractivity contribution >= 4 is 17.7 Å². The van der Waals surface area contributed by atoms with Gasteiger partial charge in [-0.1, -0.05) is 18.2 Å². The lowest BCUT2D eigenvalue weighted by atomic mass is 9.92. The van der Waals surface area contributed by atoms with Crippen molar-refractivity contribution in [1.29, 1.82) is 0 Å². The summed E-state index contributed by atoms with van der Waals surface area (Å²) in [5, 5.41) is 10.7. The van der Waals surface area contributed by atoms with Gasteiger partial charge in [0.25, 0.3) is 5.91 Å². The summed E-state index contributed by atoms with van der Waals surface area (Å²) < 4.78 is 22.3. The van der Waals surface area contributed by atoms with Crippen LogP contribution in [0.1, 0.15) is 40.0 Å². The zero-order chi connectivity index (χ0) is 23.9. The second kappa shape index (κ2) is 7.35. The lowest BCUT2D eigenvalue weighted by Crippen LogP contribution is -2.64. The molecule has 178 valence electrons. The normalized spacial score (nSPS) is 21.3. The number of aromatic hydroxyl groups is 1. The van der Waals surface area contributed by atoms with Crippen LogP contribution >= 0.6 is 11.8 Å². The molecule has 2 fully saturated rings. The number of hydrogen-bond acceptors (Lipinski definition) is 6. The summed E-state index contributed by atoms with van der Waals surface area (Å²) in [5.74, 6) is -0.808. The summed E-state index contributed by atoms with van der Waals surface area (Å²) >= 11 is 1.59. The maximum Gasteiger partial charge on any atom is 0.278 e. The number of aromatic nitrogens is 1. The minimum Gasteiger partial charge on any atom is -0.502 e. The van der Waals surface area contributed by atoms with Gasteiger partial charge in [-0.3, -0.25) is 9.59 Å². The first-order valence-electron chi connectivity index (χ1n) is 11.7. The molecule has 1 aliphatic carbocycles. The van der Waals surface area contributed by atoms with Crippen LogP contribution in [0.3, 0.4) is 0 Å². The average molecular weight is 492 g/mol. The molecule has 2 aromatic carbocycles. The molecule has 9 heteroatoms. The number of morpholine rings is 1. The molecule has 0 unspecified atom stereocenters. The van der Waals surface area contributed by atoms with Gasteiger partial charge in [0, 0.05) is 27.8 Å². The molecule has 3 aromatic rings. The summed E-state index contributed by atoms with van der Waals surface area (Å²) in [4.78, 5) is 29.4. The van der Waals surface area contributed by atoms with Crippen LogP contribution in [0.15, 0.2) is 52.2 Å². The number of fused-ring (bicyclic) bond motifs is 5. The highest BCUT2D eigenvalue weighted by Crippen LogP contribution is 2.47. The third-order valence-electron chi connectivity index (χ3n) is 7.55. The van der Waals surface area contributed by atoms with Crippen LogP contribution in [0.2, 0.25) is 0 Å². The molecule has 3 aliphatic heterocycles. The van der Waals surface area contributed by atoms with Crippen molar-refractivity contribution in [1.82, 2.24) is 9.58 Å². The minimum atomic E-state index is -0.639. The van der Waals surface area contributed by atoms with E-state index in [2.05, 4.69) is 5.43 Å². The molecule has 0 radical (unpaired) electrons. The van der Waals surface area contributed by atoms with Crippen molar-refractivity contribution in [3.63, 3.8) is 0 Å². The maximum atomic E-state index is 15.0. The number of ether oxygens (including phenoxy) is 1. The lowest BCUT2D eigenvalue weighted by Gasteiger charge is -2.47. The standard InChI is InChI=1S/C26H22FN3O4S/c27-18-6-5-15(16-9-14-3-1-2-4-21(14)35-12-17(16)18)19-10-20(31)24(32)23-25(33)29-22(28-30(19)23)11-34-13-26(29)7-8-26/h1-6,10,22,28,32H,7-9,11-13H2/t22-/m0/s1. The van der Waals surface area contributed by atoms with Gasteiger partial charge in [-0.15, -0.1) is 11.8 Å². The van der Waals surface area contributed by atoms with E-state index in [1.807, 2.05) is 24.3 Å². The number of halogens is 1. The van der Waals surface area contributed by atoms with E-state index in [9.17, 15) is 14.7 Å². The van der Waals surface area contributed by atoms with E-state index in [0.717, 1.165) is 28.9 Å². The molecule has 7 nitrogen and oxygen atoms in total. The fourth-order valence-electron chi connectivity index (χ4n) is 5.60. The van der Waals surface area contributed by atoms with Gasteiger partial charge in [0.1, 0.15) is 12.0 Å². The van der Waals surface area contributed by atoms with E-state index in [-0.39, 0.29) is 23.0 Å². The number of thioether (sulfide) groups is 1. The van der Waals surface area contributed by atoms with Gasteiger partial charge in [0.15, 0.2) is 11.4 Å². The Bertz CT molecular complexity index is 1480. The number of pyridine rings is 1. The predicted molar refractivity (Wildman–Crippen MR) is 129 cm³/mol. The van der Waals surface area contributed by atoms with Gasteiger partial charge in [0.2, 0.25) is 5.43 Å². The van der Waals surface area contributed by atoms with Crippen LogP contribution < -0.4 is 10.9 Å². The van der Waals surface area contributed by atoms with Gasteiger partial charge >= 0.3 is 0 Å². The maximum absolute atomic E-state index is 15.0. The van der Waals surface area contributed by atoms with Crippen LogP contribution in [-0.4, -0.2) is 45.5 Å². The van der Waals surface area contributed by atoms with E-state index < -0.39 is 17.3 Å². The Balaban J connectivity index is 1.44. The van der Waals surface area contributed by atoms with Crippen molar-refractivity contribution in [3.05, 3.63) is 80.9 Å². The van der Waals surface area contributed by atoms with Crippen molar-refractivity contribution in [3.8, 4) is 17.0 Å². The SMILES string of the molecule is O=C1c2c(O)c(=O)cc(-c3ccc(F)c4c3Cc3ccccc3SC4)n2N[C@@H]2COCC3(CC3)N12. The molecule has 1 atom stereocenters. The molecule has 2 N–H and O–H groups in total. The third-order valence-corrected chi connectivity index (χ3v) is 8.69. The second-order valence-electron chi connectivity index (χ2n) is 9.61. The van der Waals surface area contributed by atoms with Crippen molar-refractivity contribution in [2.24, 2.45) is 0 Å². The summed E-state index contributed by atoms with van der Waals surface area (Å²) in [6.45, 7) is 0.745. The molecule has 1 aromatic heterocycles. The molecule has 1 spiro atoms. The number of carbonyl (C=O) groups excluding carboxylic acids is 1. The number of nitrogens with zero attached hydrogens (tertiary/aromatic N) is 2. The van der Waals surface area contributed by atoms with E-state index in [0.29, 0.717) is 42.2 Å². The number of rotatable bonds is 1. The molecular weight excluding hydrogens is 469 g/mol. The molecule has 4 heterocycles. The van der Waals surface area contributed by atoms with E-state index in [1.54, 1.807) is 22.7 Å². The topological polar surface area (TPSA) is 83.8 Å². The highest BCUT2D eigenvalue weighted by molar-refractivity contribution is 7.98. The summed E-state index contributed by atoms with van der Waals surface area (Å²) in [5.41, 5.74) is 5.72. The smallest absolute Gasteiger partial charge is 0.278 e. The number of carbonyl (C=O) groups is 1. The molecule has 7 rings (SSSR count). The fraction of sp³-hybridized carbons (Fsp3) is 0.308. The van der Waals surface area contributed by atoms with Crippen molar-refractivity contribution in [2.75, 3.05) is 18.6 Å². The summed E-state index contributed by atoms with van der Waals surface area (Å²) in [7, 11) is 0. The molecule has 0 bridgehead atoms. The minimum absolute atomic E-state index is 0.0848. The quantitative estimate of drug-likeness (QED) is 0.543. The Labute approximate surface area is 204 Å². The molecular formula is C26H22FN3O4S. The largest absolute Gasteiger partial charge is 0.502 e. The van der Waals surface area contributed by atoms with E-state index in [4.69, 9.17) is 4.74 Å². The highest BCUT2D eigenvalue weighted by Gasteiger charge is 2.57. The van der Waals surface area contributed by atoms with Gasteiger partial charge in [0.05, 0.1) is 24.4 Å². The number of benzene rings is 2. The first-order chi connectivity index (χ1) is 17.0. The van der Waals surface area contributed by atoms with Crippen LogP contribution in [0, 0.1) is 5.82 Å². The first-order valence-corrected chi connectivity index (χ1v) is 12.6. The lowest BCUT2D eigenvalue weighted by molar-refractivity contribution is -0.0463. The molecule has 1 amide bonds. The Morgan fingerprint density at radius 1 is 1.14 bits per heavy atom. The van der Waals surface area contributed by atoms with Gasteiger partial charge in [-0.2, -0.15) is 0 Å². The van der Waals surface area contributed by atoms with E-state index in [1.165, 1.54) is 16.8 Å². The molecule has 35 heavy (non-hydrogen) atoms. The monoisotopic (exact) mass is 491 g/mol. The second-order valence-corrected chi connectivity index (χ2v) is 10.6.